The Bertz CT molecular complexity index is 745. The lowest BCUT2D eigenvalue weighted by Crippen LogP contribution is -2.50. The van der Waals surface area contributed by atoms with E-state index in [1.54, 1.807) is 18.1 Å². The fourth-order valence-corrected chi connectivity index (χ4v) is 3.10. The largest absolute Gasteiger partial charge is 0.495 e. The lowest BCUT2D eigenvalue weighted by molar-refractivity contribution is 0.148. The van der Waals surface area contributed by atoms with Crippen molar-refractivity contribution in [1.82, 2.24) is 9.80 Å². The van der Waals surface area contributed by atoms with E-state index < -0.39 is 0 Å². The first-order valence-corrected chi connectivity index (χ1v) is 8.82. The van der Waals surface area contributed by atoms with E-state index in [1.165, 1.54) is 6.07 Å². The second-order valence-corrected chi connectivity index (χ2v) is 6.30. The standard InChI is InChI=1S/C20H24FN3O2/c1-26-19-9-5-4-8-18(19)22-20(25)24-14-12-23(13-15-24)11-10-16-6-2-3-7-17(16)21/h2-9H,10-15H2,1H3,(H,22,25). The summed E-state index contributed by atoms with van der Waals surface area (Å²) in [6.45, 7) is 3.67. The SMILES string of the molecule is COc1ccccc1NC(=O)N1CCN(CCc2ccccc2F)CC1. The zero-order valence-electron chi connectivity index (χ0n) is 15.0. The smallest absolute Gasteiger partial charge is 0.322 e. The second-order valence-electron chi connectivity index (χ2n) is 6.30. The number of anilines is 1. The maximum absolute atomic E-state index is 13.7. The van der Waals surface area contributed by atoms with Crippen LogP contribution in [0.3, 0.4) is 0 Å². The van der Waals surface area contributed by atoms with Crippen molar-refractivity contribution in [2.45, 2.75) is 6.42 Å². The van der Waals surface area contributed by atoms with Gasteiger partial charge in [-0.15, -0.1) is 0 Å². The number of benzene rings is 2. The molecule has 2 aromatic rings. The highest BCUT2D eigenvalue weighted by Gasteiger charge is 2.21. The first kappa shape index (κ1) is 18.2. The molecule has 0 bridgehead atoms. The number of hydrogen-bond acceptors (Lipinski definition) is 3. The maximum atomic E-state index is 13.7. The zero-order valence-corrected chi connectivity index (χ0v) is 15.0. The normalized spacial score (nSPS) is 14.9. The number of para-hydroxylation sites is 2. The molecular weight excluding hydrogens is 333 g/mol. The average molecular weight is 357 g/mol. The van der Waals surface area contributed by atoms with Crippen molar-refractivity contribution < 1.29 is 13.9 Å². The molecule has 0 radical (unpaired) electrons. The molecule has 3 rings (SSSR count). The molecule has 138 valence electrons. The summed E-state index contributed by atoms with van der Waals surface area (Å²) in [4.78, 5) is 16.5. The molecule has 2 amide bonds. The van der Waals surface area contributed by atoms with E-state index in [2.05, 4.69) is 10.2 Å². The quantitative estimate of drug-likeness (QED) is 0.894. The van der Waals surface area contributed by atoms with E-state index in [0.29, 0.717) is 30.9 Å². The number of nitrogens with zero attached hydrogens (tertiary/aromatic N) is 2. The van der Waals surface area contributed by atoms with Crippen LogP contribution in [0.15, 0.2) is 48.5 Å². The number of urea groups is 1. The molecule has 1 fully saturated rings. The van der Waals surface area contributed by atoms with Gasteiger partial charge in [-0.2, -0.15) is 0 Å². The first-order valence-electron chi connectivity index (χ1n) is 8.82. The minimum absolute atomic E-state index is 0.122. The van der Waals surface area contributed by atoms with Crippen LogP contribution in [-0.2, 0) is 6.42 Å². The van der Waals surface area contributed by atoms with Crippen molar-refractivity contribution in [1.29, 1.82) is 0 Å². The van der Waals surface area contributed by atoms with Crippen LogP contribution in [0.1, 0.15) is 5.56 Å². The number of amides is 2. The van der Waals surface area contributed by atoms with Crippen LogP contribution in [0.25, 0.3) is 0 Å². The molecule has 6 heteroatoms. The first-order chi connectivity index (χ1) is 12.7. The molecule has 0 aliphatic carbocycles. The van der Waals surface area contributed by atoms with Gasteiger partial charge < -0.3 is 15.0 Å². The van der Waals surface area contributed by atoms with Gasteiger partial charge in [-0.3, -0.25) is 4.90 Å². The molecule has 5 nitrogen and oxygen atoms in total. The molecule has 1 saturated heterocycles. The molecule has 1 aliphatic heterocycles. The second kappa shape index (κ2) is 8.67. The highest BCUT2D eigenvalue weighted by Crippen LogP contribution is 2.23. The maximum Gasteiger partial charge on any atom is 0.322 e. The van der Waals surface area contributed by atoms with Crippen LogP contribution < -0.4 is 10.1 Å². The van der Waals surface area contributed by atoms with E-state index in [9.17, 15) is 9.18 Å². The van der Waals surface area contributed by atoms with Gasteiger partial charge in [0.2, 0.25) is 0 Å². The fourth-order valence-electron chi connectivity index (χ4n) is 3.10. The van der Waals surface area contributed by atoms with E-state index in [0.717, 1.165) is 25.2 Å². The highest BCUT2D eigenvalue weighted by molar-refractivity contribution is 5.91. The molecule has 0 saturated carbocycles. The van der Waals surface area contributed by atoms with Gasteiger partial charge in [-0.05, 0) is 30.2 Å². The van der Waals surface area contributed by atoms with Crippen LogP contribution in [0.5, 0.6) is 5.75 Å². The van der Waals surface area contributed by atoms with E-state index in [-0.39, 0.29) is 11.8 Å². The number of carbonyl (C=O) groups is 1. The number of piperazine rings is 1. The Morgan fingerprint density at radius 3 is 2.50 bits per heavy atom. The summed E-state index contributed by atoms with van der Waals surface area (Å²) in [5, 5.41) is 2.91. The number of carbonyl (C=O) groups excluding carboxylic acids is 1. The Hall–Kier alpha value is -2.60. The molecule has 1 N–H and O–H groups in total. The van der Waals surface area contributed by atoms with Gasteiger partial charge in [0, 0.05) is 32.7 Å². The predicted octanol–water partition coefficient (Wildman–Crippen LogP) is 3.23. The Morgan fingerprint density at radius 1 is 1.08 bits per heavy atom. The molecule has 2 aromatic carbocycles. The molecule has 0 atom stereocenters. The zero-order chi connectivity index (χ0) is 18.4. The van der Waals surface area contributed by atoms with Gasteiger partial charge in [0.1, 0.15) is 11.6 Å². The molecule has 0 spiro atoms. The minimum Gasteiger partial charge on any atom is -0.495 e. The number of halogens is 1. The van der Waals surface area contributed by atoms with E-state index in [4.69, 9.17) is 4.74 Å². The third kappa shape index (κ3) is 4.52. The van der Waals surface area contributed by atoms with Crippen molar-refractivity contribution in [2.24, 2.45) is 0 Å². The number of rotatable bonds is 5. The summed E-state index contributed by atoms with van der Waals surface area (Å²) in [5.41, 5.74) is 1.41. The molecule has 26 heavy (non-hydrogen) atoms. The molecule has 0 unspecified atom stereocenters. The summed E-state index contributed by atoms with van der Waals surface area (Å²) in [7, 11) is 1.58. The van der Waals surface area contributed by atoms with Gasteiger partial charge in [0.25, 0.3) is 0 Å². The van der Waals surface area contributed by atoms with E-state index in [1.807, 2.05) is 36.4 Å². The topological polar surface area (TPSA) is 44.8 Å². The Labute approximate surface area is 153 Å². The summed E-state index contributed by atoms with van der Waals surface area (Å²) in [5.74, 6) is 0.492. The van der Waals surface area contributed by atoms with Crippen LogP contribution in [0.4, 0.5) is 14.9 Å². The Morgan fingerprint density at radius 2 is 1.77 bits per heavy atom. The lowest BCUT2D eigenvalue weighted by Gasteiger charge is -2.34. The van der Waals surface area contributed by atoms with Crippen molar-refractivity contribution in [3.8, 4) is 5.75 Å². The molecule has 1 aliphatic rings. The minimum atomic E-state index is -0.151. The number of methoxy groups -OCH3 is 1. The van der Waals surface area contributed by atoms with Crippen molar-refractivity contribution >= 4 is 11.7 Å². The third-order valence-corrected chi connectivity index (χ3v) is 4.66. The summed E-state index contributed by atoms with van der Waals surface area (Å²) < 4.78 is 19.0. The van der Waals surface area contributed by atoms with E-state index >= 15 is 0 Å². The van der Waals surface area contributed by atoms with Crippen LogP contribution in [0.2, 0.25) is 0 Å². The van der Waals surface area contributed by atoms with Gasteiger partial charge in [0.05, 0.1) is 12.8 Å². The van der Waals surface area contributed by atoms with Crippen LogP contribution in [0, 0.1) is 5.82 Å². The number of nitrogens with one attached hydrogen (secondary N) is 1. The van der Waals surface area contributed by atoms with Crippen molar-refractivity contribution in [3.63, 3.8) is 0 Å². The fraction of sp³-hybridized carbons (Fsp3) is 0.350. The van der Waals surface area contributed by atoms with Crippen LogP contribution >= 0.6 is 0 Å². The Kier molecular flexibility index (Phi) is 6.07. The summed E-state index contributed by atoms with van der Waals surface area (Å²) >= 11 is 0. The summed E-state index contributed by atoms with van der Waals surface area (Å²) in [6, 6.07) is 14.1. The van der Waals surface area contributed by atoms with Crippen LogP contribution in [-0.4, -0.2) is 55.7 Å². The summed E-state index contributed by atoms with van der Waals surface area (Å²) in [6.07, 6.45) is 0.681. The predicted molar refractivity (Wildman–Crippen MR) is 100 cm³/mol. The average Bonchev–Trinajstić information content (AvgIpc) is 2.68. The molecule has 1 heterocycles. The van der Waals surface area contributed by atoms with Gasteiger partial charge >= 0.3 is 6.03 Å². The van der Waals surface area contributed by atoms with Crippen molar-refractivity contribution in [2.75, 3.05) is 45.2 Å². The highest BCUT2D eigenvalue weighted by atomic mass is 19.1. The monoisotopic (exact) mass is 357 g/mol. The number of hydrogen-bond donors (Lipinski definition) is 1. The van der Waals surface area contributed by atoms with Gasteiger partial charge in [-0.1, -0.05) is 30.3 Å². The van der Waals surface area contributed by atoms with Gasteiger partial charge in [0.15, 0.2) is 0 Å². The lowest BCUT2D eigenvalue weighted by atomic mass is 10.1. The molecule has 0 aromatic heterocycles. The number of ether oxygens (including phenoxy) is 1. The third-order valence-electron chi connectivity index (χ3n) is 4.66. The van der Waals surface area contributed by atoms with Gasteiger partial charge in [-0.25, -0.2) is 9.18 Å². The molecular formula is C20H24FN3O2. The van der Waals surface area contributed by atoms with Crippen molar-refractivity contribution in [3.05, 3.63) is 59.9 Å². The Balaban J connectivity index is 1.47.